The van der Waals surface area contributed by atoms with Crippen LogP contribution in [0.1, 0.15) is 31.0 Å². The molecule has 6 heteroatoms. The zero-order valence-corrected chi connectivity index (χ0v) is 13.7. The van der Waals surface area contributed by atoms with E-state index in [0.29, 0.717) is 11.4 Å². The van der Waals surface area contributed by atoms with Gasteiger partial charge in [0, 0.05) is 16.5 Å². The second kappa shape index (κ2) is 7.26. The van der Waals surface area contributed by atoms with Crippen molar-refractivity contribution in [1.29, 1.82) is 0 Å². The smallest absolute Gasteiger partial charge is 0.290 e. The molecule has 0 saturated heterocycles. The number of anilines is 1. The Bertz CT molecular complexity index is 659. The summed E-state index contributed by atoms with van der Waals surface area (Å²) < 4.78 is 0. The van der Waals surface area contributed by atoms with Gasteiger partial charge >= 0.3 is 0 Å². The average Bonchev–Trinajstić information content (AvgIpc) is 2.48. The number of benzene rings is 1. The third-order valence-electron chi connectivity index (χ3n) is 3.34. The molecule has 0 fully saturated rings. The summed E-state index contributed by atoms with van der Waals surface area (Å²) in [5.41, 5.74) is 1.79. The van der Waals surface area contributed by atoms with Crippen LogP contribution >= 0.6 is 11.8 Å². The van der Waals surface area contributed by atoms with Crippen molar-refractivity contribution >= 4 is 23.3 Å². The molecule has 1 N–H and O–H groups in total. The summed E-state index contributed by atoms with van der Waals surface area (Å²) in [4.78, 5) is 15.8. The van der Waals surface area contributed by atoms with Gasteiger partial charge in [0.25, 0.3) is 5.69 Å². The standard InChI is InChI=1S/C16H19N3O2S/c1-4-22-14-7-5-13(6-8-14)12(3)18-16-9-11(2)15(10-17-16)19(20)21/h5-10,12H,4H2,1-3H3,(H,17,18). The largest absolute Gasteiger partial charge is 0.364 e. The molecule has 1 aromatic heterocycles. The molecule has 1 heterocycles. The number of aromatic nitrogens is 1. The summed E-state index contributed by atoms with van der Waals surface area (Å²) in [7, 11) is 0. The zero-order valence-electron chi connectivity index (χ0n) is 12.9. The molecule has 1 unspecified atom stereocenters. The predicted molar refractivity (Wildman–Crippen MR) is 90.5 cm³/mol. The summed E-state index contributed by atoms with van der Waals surface area (Å²) in [5.74, 6) is 1.70. The van der Waals surface area contributed by atoms with Crippen molar-refractivity contribution in [1.82, 2.24) is 4.98 Å². The molecule has 0 aliphatic carbocycles. The van der Waals surface area contributed by atoms with Gasteiger partial charge in [-0.2, -0.15) is 0 Å². The summed E-state index contributed by atoms with van der Waals surface area (Å²) in [6.07, 6.45) is 1.30. The van der Waals surface area contributed by atoms with Gasteiger partial charge in [0.1, 0.15) is 12.0 Å². The van der Waals surface area contributed by atoms with Crippen LogP contribution < -0.4 is 5.32 Å². The molecule has 2 rings (SSSR count). The third-order valence-corrected chi connectivity index (χ3v) is 4.23. The van der Waals surface area contributed by atoms with Crippen LogP contribution in [0.2, 0.25) is 0 Å². The fraction of sp³-hybridized carbons (Fsp3) is 0.312. The van der Waals surface area contributed by atoms with Crippen LogP contribution in [0.5, 0.6) is 0 Å². The van der Waals surface area contributed by atoms with E-state index in [9.17, 15) is 10.1 Å². The van der Waals surface area contributed by atoms with Gasteiger partial charge in [-0.1, -0.05) is 19.1 Å². The Labute approximate surface area is 134 Å². The third kappa shape index (κ3) is 3.98. The molecule has 0 spiro atoms. The maximum atomic E-state index is 10.8. The van der Waals surface area contributed by atoms with Crippen molar-refractivity contribution in [3.05, 3.63) is 57.8 Å². The molecule has 1 aromatic carbocycles. The Hall–Kier alpha value is -2.08. The topological polar surface area (TPSA) is 68.1 Å². The minimum atomic E-state index is -0.417. The average molecular weight is 317 g/mol. The lowest BCUT2D eigenvalue weighted by molar-refractivity contribution is -0.385. The minimum Gasteiger partial charge on any atom is -0.364 e. The first-order chi connectivity index (χ1) is 10.5. The van der Waals surface area contributed by atoms with E-state index in [0.717, 1.165) is 11.3 Å². The lowest BCUT2D eigenvalue weighted by Crippen LogP contribution is -2.08. The van der Waals surface area contributed by atoms with Crippen LogP contribution in [0.4, 0.5) is 11.5 Å². The highest BCUT2D eigenvalue weighted by Gasteiger charge is 2.13. The molecular formula is C16H19N3O2S. The Morgan fingerprint density at radius 2 is 2.05 bits per heavy atom. The number of nitrogens with zero attached hydrogens (tertiary/aromatic N) is 2. The summed E-state index contributed by atoms with van der Waals surface area (Å²) in [5, 5.41) is 14.1. The molecule has 0 radical (unpaired) electrons. The van der Waals surface area contributed by atoms with E-state index in [1.165, 1.54) is 11.1 Å². The van der Waals surface area contributed by atoms with Gasteiger partial charge in [0.15, 0.2) is 0 Å². The molecule has 2 aromatic rings. The van der Waals surface area contributed by atoms with Gasteiger partial charge in [0.2, 0.25) is 0 Å². The quantitative estimate of drug-likeness (QED) is 0.479. The van der Waals surface area contributed by atoms with E-state index in [2.05, 4.69) is 41.5 Å². The number of hydrogen-bond acceptors (Lipinski definition) is 5. The van der Waals surface area contributed by atoms with Crippen molar-refractivity contribution in [2.45, 2.75) is 31.7 Å². The minimum absolute atomic E-state index is 0.0409. The maximum absolute atomic E-state index is 10.8. The summed E-state index contributed by atoms with van der Waals surface area (Å²) >= 11 is 1.81. The molecule has 0 saturated carbocycles. The molecular weight excluding hydrogens is 298 g/mol. The van der Waals surface area contributed by atoms with Gasteiger partial charge < -0.3 is 5.32 Å². The van der Waals surface area contributed by atoms with Crippen LogP contribution in [-0.4, -0.2) is 15.7 Å². The van der Waals surface area contributed by atoms with E-state index >= 15 is 0 Å². The van der Waals surface area contributed by atoms with Gasteiger partial charge in [0.05, 0.1) is 4.92 Å². The molecule has 5 nitrogen and oxygen atoms in total. The fourth-order valence-electron chi connectivity index (χ4n) is 2.14. The first kappa shape index (κ1) is 16.3. The molecule has 0 aliphatic rings. The fourth-order valence-corrected chi connectivity index (χ4v) is 2.81. The van der Waals surface area contributed by atoms with Crippen LogP contribution in [-0.2, 0) is 0 Å². The Morgan fingerprint density at radius 1 is 1.36 bits per heavy atom. The first-order valence-corrected chi connectivity index (χ1v) is 8.10. The second-order valence-electron chi connectivity index (χ2n) is 4.98. The number of thioether (sulfide) groups is 1. The van der Waals surface area contributed by atoms with Crippen LogP contribution in [0, 0.1) is 17.0 Å². The second-order valence-corrected chi connectivity index (χ2v) is 6.32. The van der Waals surface area contributed by atoms with E-state index in [1.807, 2.05) is 18.7 Å². The van der Waals surface area contributed by atoms with E-state index < -0.39 is 4.92 Å². The normalized spacial score (nSPS) is 12.0. The monoisotopic (exact) mass is 317 g/mol. The van der Waals surface area contributed by atoms with Crippen molar-refractivity contribution < 1.29 is 4.92 Å². The van der Waals surface area contributed by atoms with E-state index in [-0.39, 0.29) is 11.7 Å². The zero-order chi connectivity index (χ0) is 16.1. The number of hydrogen-bond donors (Lipinski definition) is 1. The van der Waals surface area contributed by atoms with E-state index in [4.69, 9.17) is 0 Å². The van der Waals surface area contributed by atoms with Crippen molar-refractivity contribution in [3.63, 3.8) is 0 Å². The number of nitrogens with one attached hydrogen (secondary N) is 1. The number of aryl methyl sites for hydroxylation is 1. The molecule has 116 valence electrons. The molecule has 1 atom stereocenters. The highest BCUT2D eigenvalue weighted by Crippen LogP contribution is 2.24. The van der Waals surface area contributed by atoms with Crippen molar-refractivity contribution in [3.8, 4) is 0 Å². The van der Waals surface area contributed by atoms with E-state index in [1.54, 1.807) is 13.0 Å². The highest BCUT2D eigenvalue weighted by atomic mass is 32.2. The Morgan fingerprint density at radius 3 is 2.59 bits per heavy atom. The Balaban J connectivity index is 2.09. The van der Waals surface area contributed by atoms with Crippen molar-refractivity contribution in [2.24, 2.45) is 0 Å². The molecule has 0 aliphatic heterocycles. The van der Waals surface area contributed by atoms with Crippen LogP contribution in [0.3, 0.4) is 0 Å². The first-order valence-electron chi connectivity index (χ1n) is 7.11. The molecule has 0 bridgehead atoms. The summed E-state index contributed by atoms with van der Waals surface area (Å²) in [6, 6.07) is 10.2. The highest BCUT2D eigenvalue weighted by molar-refractivity contribution is 7.99. The predicted octanol–water partition coefficient (Wildman–Crippen LogP) is 4.58. The maximum Gasteiger partial charge on any atom is 0.290 e. The van der Waals surface area contributed by atoms with Gasteiger partial charge in [-0.25, -0.2) is 4.98 Å². The Kier molecular flexibility index (Phi) is 5.38. The van der Waals surface area contributed by atoms with Gasteiger partial charge in [-0.15, -0.1) is 11.8 Å². The number of pyridine rings is 1. The lowest BCUT2D eigenvalue weighted by atomic mass is 10.1. The van der Waals surface area contributed by atoms with Crippen LogP contribution in [0.15, 0.2) is 41.4 Å². The molecule has 22 heavy (non-hydrogen) atoms. The molecule has 0 amide bonds. The number of nitro groups is 1. The van der Waals surface area contributed by atoms with Crippen LogP contribution in [0.25, 0.3) is 0 Å². The number of rotatable bonds is 6. The lowest BCUT2D eigenvalue weighted by Gasteiger charge is -2.15. The van der Waals surface area contributed by atoms with Gasteiger partial charge in [-0.05, 0) is 43.4 Å². The van der Waals surface area contributed by atoms with Gasteiger partial charge in [-0.3, -0.25) is 10.1 Å². The summed E-state index contributed by atoms with van der Waals surface area (Å²) in [6.45, 7) is 5.89. The van der Waals surface area contributed by atoms with Crippen molar-refractivity contribution in [2.75, 3.05) is 11.1 Å². The SMILES string of the molecule is CCSc1ccc(C(C)Nc2cc(C)c([N+](=O)[O-])cn2)cc1.